The minimum Gasteiger partial charge on any atom is -0.353 e. The minimum atomic E-state index is -0.0762. The van der Waals surface area contributed by atoms with E-state index in [9.17, 15) is 9.59 Å². The van der Waals surface area contributed by atoms with Crippen LogP contribution >= 0.6 is 0 Å². The van der Waals surface area contributed by atoms with E-state index in [0.29, 0.717) is 18.4 Å². The Hall–Kier alpha value is -2.25. The van der Waals surface area contributed by atoms with Gasteiger partial charge >= 0.3 is 0 Å². The predicted octanol–water partition coefficient (Wildman–Crippen LogP) is 0.998. The van der Waals surface area contributed by atoms with Crippen molar-refractivity contribution in [3.8, 4) is 0 Å². The molecule has 1 aliphatic rings. The molecule has 0 spiro atoms. The number of carbonyl (C=O) groups excluding carboxylic acids is 1. The lowest BCUT2D eigenvalue weighted by atomic mass is 10.2. The largest absolute Gasteiger partial charge is 0.353 e. The Bertz CT molecular complexity index is 826. The average molecular weight is 371 g/mol. The van der Waals surface area contributed by atoms with Gasteiger partial charge in [-0.2, -0.15) is 0 Å². The van der Waals surface area contributed by atoms with Gasteiger partial charge in [0, 0.05) is 45.2 Å². The highest BCUT2D eigenvalue weighted by atomic mass is 16.2. The van der Waals surface area contributed by atoms with Crippen LogP contribution in [0.5, 0.6) is 0 Å². The standard InChI is InChI=1S/C20H29N5O2/c1-3-15(2)21-19(26)14-25-12-10-24(11-13-25)9-8-18-22-17-7-5-4-6-16(17)20(27)23-18/h4-7,15H,3,8-14H2,1-2H3,(H,21,26)(H,22,23,27). The van der Waals surface area contributed by atoms with Crippen LogP contribution in [0, 0.1) is 0 Å². The molecule has 2 N–H and O–H groups in total. The third kappa shape index (κ3) is 5.37. The summed E-state index contributed by atoms with van der Waals surface area (Å²) >= 11 is 0. The Morgan fingerprint density at radius 3 is 2.67 bits per heavy atom. The van der Waals surface area contributed by atoms with Gasteiger partial charge in [0.1, 0.15) is 5.82 Å². The van der Waals surface area contributed by atoms with Crippen molar-refractivity contribution in [1.82, 2.24) is 25.1 Å². The monoisotopic (exact) mass is 371 g/mol. The zero-order valence-electron chi connectivity index (χ0n) is 16.2. The summed E-state index contributed by atoms with van der Waals surface area (Å²) in [6.07, 6.45) is 1.67. The Morgan fingerprint density at radius 2 is 1.93 bits per heavy atom. The van der Waals surface area contributed by atoms with Crippen molar-refractivity contribution in [2.45, 2.75) is 32.7 Å². The predicted molar refractivity (Wildman–Crippen MR) is 107 cm³/mol. The lowest BCUT2D eigenvalue weighted by molar-refractivity contribution is -0.123. The first-order valence-corrected chi connectivity index (χ1v) is 9.77. The lowest BCUT2D eigenvalue weighted by Gasteiger charge is -2.34. The Balaban J connectivity index is 1.46. The van der Waals surface area contributed by atoms with Crippen LogP contribution in [0.2, 0.25) is 0 Å². The molecule has 1 aliphatic heterocycles. The third-order valence-electron chi connectivity index (χ3n) is 5.18. The van der Waals surface area contributed by atoms with Crippen molar-refractivity contribution in [1.29, 1.82) is 0 Å². The van der Waals surface area contributed by atoms with Gasteiger partial charge in [-0.05, 0) is 25.5 Å². The van der Waals surface area contributed by atoms with Gasteiger partial charge in [0.15, 0.2) is 0 Å². The molecule has 7 heteroatoms. The third-order valence-corrected chi connectivity index (χ3v) is 5.18. The van der Waals surface area contributed by atoms with E-state index >= 15 is 0 Å². The first kappa shape index (κ1) is 19.5. The van der Waals surface area contributed by atoms with E-state index < -0.39 is 0 Å². The number of nitrogens with zero attached hydrogens (tertiary/aromatic N) is 3. The van der Waals surface area contributed by atoms with E-state index in [1.807, 2.05) is 25.1 Å². The molecule has 146 valence electrons. The number of para-hydroxylation sites is 1. The quantitative estimate of drug-likeness (QED) is 0.759. The Labute approximate surface area is 159 Å². The van der Waals surface area contributed by atoms with Crippen molar-refractivity contribution in [2.24, 2.45) is 0 Å². The molecular formula is C20H29N5O2. The summed E-state index contributed by atoms with van der Waals surface area (Å²) in [6, 6.07) is 7.64. The van der Waals surface area contributed by atoms with E-state index in [1.54, 1.807) is 6.07 Å². The average Bonchev–Trinajstić information content (AvgIpc) is 2.67. The zero-order valence-corrected chi connectivity index (χ0v) is 16.2. The van der Waals surface area contributed by atoms with Crippen molar-refractivity contribution in [3.05, 3.63) is 40.4 Å². The van der Waals surface area contributed by atoms with Gasteiger partial charge in [0.2, 0.25) is 5.91 Å². The van der Waals surface area contributed by atoms with Crippen LogP contribution in [-0.2, 0) is 11.2 Å². The van der Waals surface area contributed by atoms with Gasteiger partial charge in [-0.15, -0.1) is 0 Å². The number of nitrogens with one attached hydrogen (secondary N) is 2. The van der Waals surface area contributed by atoms with Crippen LogP contribution in [-0.4, -0.2) is 71.0 Å². The number of hydrogen-bond donors (Lipinski definition) is 2. The highest BCUT2D eigenvalue weighted by Gasteiger charge is 2.19. The Morgan fingerprint density at radius 1 is 1.22 bits per heavy atom. The molecule has 1 fully saturated rings. The second-order valence-corrected chi connectivity index (χ2v) is 7.27. The molecule has 0 aliphatic carbocycles. The van der Waals surface area contributed by atoms with Gasteiger partial charge in [-0.3, -0.25) is 14.5 Å². The van der Waals surface area contributed by atoms with Crippen molar-refractivity contribution in [2.75, 3.05) is 39.3 Å². The number of benzene rings is 1. The van der Waals surface area contributed by atoms with Gasteiger partial charge < -0.3 is 15.2 Å². The summed E-state index contributed by atoms with van der Waals surface area (Å²) in [5, 5.41) is 3.65. The van der Waals surface area contributed by atoms with Crippen LogP contribution in [0.4, 0.5) is 0 Å². The highest BCUT2D eigenvalue weighted by Crippen LogP contribution is 2.07. The molecule has 7 nitrogen and oxygen atoms in total. The van der Waals surface area contributed by atoms with Gasteiger partial charge in [-0.25, -0.2) is 4.98 Å². The fraction of sp³-hybridized carbons (Fsp3) is 0.550. The summed E-state index contributed by atoms with van der Waals surface area (Å²) < 4.78 is 0. The highest BCUT2D eigenvalue weighted by molar-refractivity contribution is 5.78. The first-order valence-electron chi connectivity index (χ1n) is 9.77. The minimum absolute atomic E-state index is 0.0762. The topological polar surface area (TPSA) is 81.3 Å². The number of aromatic amines is 1. The molecule has 1 aromatic carbocycles. The van der Waals surface area contributed by atoms with Gasteiger partial charge in [-0.1, -0.05) is 19.1 Å². The van der Waals surface area contributed by atoms with E-state index in [4.69, 9.17) is 0 Å². The SMILES string of the molecule is CCC(C)NC(=O)CN1CCN(CCc2nc3ccccc3c(=O)[nH]2)CC1. The first-order chi connectivity index (χ1) is 13.0. The molecular weight excluding hydrogens is 342 g/mol. The summed E-state index contributed by atoms with van der Waals surface area (Å²) in [7, 11) is 0. The molecule has 1 saturated heterocycles. The molecule has 1 unspecified atom stereocenters. The maximum Gasteiger partial charge on any atom is 0.258 e. The van der Waals surface area contributed by atoms with E-state index in [1.165, 1.54) is 0 Å². The number of hydrogen-bond acceptors (Lipinski definition) is 5. The summed E-state index contributed by atoms with van der Waals surface area (Å²) in [6.45, 7) is 9.04. The number of carbonyl (C=O) groups is 1. The number of H-pyrrole nitrogens is 1. The molecule has 0 radical (unpaired) electrons. The molecule has 3 rings (SSSR count). The number of rotatable bonds is 7. The van der Waals surface area contributed by atoms with Crippen LogP contribution in [0.3, 0.4) is 0 Å². The second kappa shape index (κ2) is 9.10. The molecule has 1 aromatic heterocycles. The maximum atomic E-state index is 12.1. The van der Waals surface area contributed by atoms with Crippen molar-refractivity contribution >= 4 is 16.8 Å². The fourth-order valence-electron chi connectivity index (χ4n) is 3.31. The molecule has 2 heterocycles. The van der Waals surface area contributed by atoms with Crippen LogP contribution in [0.1, 0.15) is 26.1 Å². The molecule has 2 aromatic rings. The van der Waals surface area contributed by atoms with E-state index in [0.717, 1.165) is 50.5 Å². The van der Waals surface area contributed by atoms with Crippen LogP contribution < -0.4 is 10.9 Å². The Kier molecular flexibility index (Phi) is 6.58. The van der Waals surface area contributed by atoms with Crippen molar-refractivity contribution < 1.29 is 4.79 Å². The van der Waals surface area contributed by atoms with Gasteiger partial charge in [0.25, 0.3) is 5.56 Å². The zero-order chi connectivity index (χ0) is 19.2. The van der Waals surface area contributed by atoms with Gasteiger partial charge in [0.05, 0.1) is 17.4 Å². The summed E-state index contributed by atoms with van der Waals surface area (Å²) in [5.41, 5.74) is 0.668. The normalized spacial score (nSPS) is 17.1. The number of amides is 1. The molecule has 0 bridgehead atoms. The number of fused-ring (bicyclic) bond motifs is 1. The van der Waals surface area contributed by atoms with E-state index in [2.05, 4.69) is 32.0 Å². The fourth-order valence-corrected chi connectivity index (χ4v) is 3.31. The van der Waals surface area contributed by atoms with Crippen molar-refractivity contribution in [3.63, 3.8) is 0 Å². The van der Waals surface area contributed by atoms with Crippen LogP contribution in [0.15, 0.2) is 29.1 Å². The molecule has 0 saturated carbocycles. The molecule has 1 amide bonds. The second-order valence-electron chi connectivity index (χ2n) is 7.27. The summed E-state index contributed by atoms with van der Waals surface area (Å²) in [4.78, 5) is 36.2. The smallest absolute Gasteiger partial charge is 0.258 e. The summed E-state index contributed by atoms with van der Waals surface area (Å²) in [5.74, 6) is 0.838. The molecule has 1 atom stereocenters. The molecule has 27 heavy (non-hydrogen) atoms. The number of piperazine rings is 1. The van der Waals surface area contributed by atoms with Crippen LogP contribution in [0.25, 0.3) is 10.9 Å². The lowest BCUT2D eigenvalue weighted by Crippen LogP contribution is -2.50. The van der Waals surface area contributed by atoms with E-state index in [-0.39, 0.29) is 17.5 Å². The maximum absolute atomic E-state index is 12.1. The number of aromatic nitrogens is 2.